The number of hydrogen-bond donors (Lipinski definition) is 2. The van der Waals surface area contributed by atoms with Crippen molar-refractivity contribution in [3.63, 3.8) is 0 Å². The summed E-state index contributed by atoms with van der Waals surface area (Å²) >= 11 is 11.8. The fourth-order valence-corrected chi connectivity index (χ4v) is 4.37. The van der Waals surface area contributed by atoms with Crippen molar-refractivity contribution in [3.8, 4) is 11.5 Å². The fourth-order valence-electron chi connectivity index (χ4n) is 2.40. The van der Waals surface area contributed by atoms with E-state index >= 15 is 0 Å². The molecule has 10 heteroatoms. The summed E-state index contributed by atoms with van der Waals surface area (Å²) in [5.74, 6) is 0.551. The fraction of sp³-hybridized carbons (Fsp3) is 0.235. The van der Waals surface area contributed by atoms with Crippen molar-refractivity contribution >= 4 is 44.8 Å². The monoisotopic (exact) mass is 430 g/mol. The van der Waals surface area contributed by atoms with E-state index in [1.165, 1.54) is 25.1 Å². The third-order valence-electron chi connectivity index (χ3n) is 3.72. The van der Waals surface area contributed by atoms with Crippen LogP contribution in [-0.2, 0) is 14.8 Å². The van der Waals surface area contributed by atoms with Crippen molar-refractivity contribution < 1.29 is 22.7 Å². The van der Waals surface area contributed by atoms with Crippen LogP contribution >= 0.6 is 23.2 Å². The number of carbonyl (C=O) groups is 1. The number of amides is 1. The highest BCUT2D eigenvalue weighted by atomic mass is 35.5. The molecule has 0 aliphatic carbocycles. The van der Waals surface area contributed by atoms with Crippen LogP contribution in [0, 0.1) is 0 Å². The number of rotatable bonds is 5. The zero-order valence-electron chi connectivity index (χ0n) is 14.2. The Morgan fingerprint density at radius 1 is 1.07 bits per heavy atom. The van der Waals surface area contributed by atoms with Crippen LogP contribution in [0.1, 0.15) is 6.92 Å². The Bertz CT molecular complexity index is 981. The number of carbonyl (C=O) groups excluding carboxylic acids is 1. The predicted molar refractivity (Wildman–Crippen MR) is 102 cm³/mol. The van der Waals surface area contributed by atoms with E-state index in [0.29, 0.717) is 30.4 Å². The standard InChI is InChI=1S/C17H16Cl2N2O5S/c1-10(21-27(23,24)16-8-11(18)2-4-13(16)19)17(22)20-12-3-5-14-15(9-12)26-7-6-25-14/h2-5,8-10,21H,6-7H2,1H3,(H,20,22). The minimum absolute atomic E-state index is 0.00587. The van der Waals surface area contributed by atoms with Crippen LogP contribution in [0.15, 0.2) is 41.3 Å². The van der Waals surface area contributed by atoms with E-state index in [9.17, 15) is 13.2 Å². The molecule has 1 amide bonds. The summed E-state index contributed by atoms with van der Waals surface area (Å²) in [6.07, 6.45) is 0. The van der Waals surface area contributed by atoms with Gasteiger partial charge in [0.15, 0.2) is 11.5 Å². The topological polar surface area (TPSA) is 93.7 Å². The second kappa shape index (κ2) is 7.93. The maximum absolute atomic E-state index is 12.5. The van der Waals surface area contributed by atoms with Crippen LogP contribution in [0.25, 0.3) is 0 Å². The lowest BCUT2D eigenvalue weighted by Gasteiger charge is -2.20. The van der Waals surface area contributed by atoms with Gasteiger partial charge in [-0.1, -0.05) is 23.2 Å². The smallest absolute Gasteiger partial charge is 0.242 e. The molecule has 0 saturated heterocycles. The van der Waals surface area contributed by atoms with E-state index in [0.717, 1.165) is 0 Å². The Morgan fingerprint density at radius 3 is 2.52 bits per heavy atom. The van der Waals surface area contributed by atoms with Gasteiger partial charge >= 0.3 is 0 Å². The van der Waals surface area contributed by atoms with Crippen molar-refractivity contribution in [2.75, 3.05) is 18.5 Å². The number of anilines is 1. The number of sulfonamides is 1. The van der Waals surface area contributed by atoms with E-state index in [-0.39, 0.29) is 14.9 Å². The van der Waals surface area contributed by atoms with E-state index in [4.69, 9.17) is 32.7 Å². The molecule has 2 aromatic rings. The SMILES string of the molecule is CC(NS(=O)(=O)c1cc(Cl)ccc1Cl)C(=O)Nc1ccc2c(c1)OCCO2. The first kappa shape index (κ1) is 19.8. The molecule has 1 unspecified atom stereocenters. The summed E-state index contributed by atoms with van der Waals surface area (Å²) in [4.78, 5) is 12.2. The van der Waals surface area contributed by atoms with Crippen LogP contribution < -0.4 is 19.5 Å². The highest BCUT2D eigenvalue weighted by molar-refractivity contribution is 7.89. The summed E-state index contributed by atoms with van der Waals surface area (Å²) in [6, 6.07) is 7.93. The van der Waals surface area contributed by atoms with Crippen LogP contribution in [0.5, 0.6) is 11.5 Å². The van der Waals surface area contributed by atoms with Gasteiger partial charge in [0.2, 0.25) is 15.9 Å². The average molecular weight is 431 g/mol. The van der Waals surface area contributed by atoms with Gasteiger partial charge in [-0.2, -0.15) is 4.72 Å². The van der Waals surface area contributed by atoms with Gasteiger partial charge in [-0.15, -0.1) is 0 Å². The van der Waals surface area contributed by atoms with Crippen molar-refractivity contribution in [1.82, 2.24) is 4.72 Å². The number of nitrogens with one attached hydrogen (secondary N) is 2. The minimum atomic E-state index is -4.04. The van der Waals surface area contributed by atoms with Crippen LogP contribution in [0.2, 0.25) is 10.0 Å². The Kier molecular flexibility index (Phi) is 5.81. The Balaban J connectivity index is 1.71. The second-order valence-corrected chi connectivity index (χ2v) is 8.29. The number of ether oxygens (including phenoxy) is 2. The van der Waals surface area contributed by atoms with E-state index in [1.807, 2.05) is 0 Å². The van der Waals surface area contributed by atoms with E-state index in [2.05, 4.69) is 10.0 Å². The van der Waals surface area contributed by atoms with Gasteiger partial charge in [-0.25, -0.2) is 8.42 Å². The molecule has 1 aliphatic rings. The van der Waals surface area contributed by atoms with Crippen molar-refractivity contribution in [3.05, 3.63) is 46.4 Å². The maximum Gasteiger partial charge on any atom is 0.242 e. The molecule has 2 N–H and O–H groups in total. The largest absolute Gasteiger partial charge is 0.486 e. The molecule has 3 rings (SSSR count). The van der Waals surface area contributed by atoms with Crippen LogP contribution in [0.4, 0.5) is 5.69 Å². The molecule has 7 nitrogen and oxygen atoms in total. The van der Waals surface area contributed by atoms with Gasteiger partial charge in [-0.3, -0.25) is 4.79 Å². The third-order valence-corrected chi connectivity index (χ3v) is 5.98. The quantitative estimate of drug-likeness (QED) is 0.759. The molecule has 0 spiro atoms. The summed E-state index contributed by atoms with van der Waals surface area (Å²) < 4.78 is 38.1. The van der Waals surface area contributed by atoms with Gasteiger partial charge in [-0.05, 0) is 37.3 Å². The van der Waals surface area contributed by atoms with Crippen LogP contribution in [-0.4, -0.2) is 33.6 Å². The Labute approximate surface area is 166 Å². The number of hydrogen-bond acceptors (Lipinski definition) is 5. The minimum Gasteiger partial charge on any atom is -0.486 e. The second-order valence-electron chi connectivity index (χ2n) is 5.77. The highest BCUT2D eigenvalue weighted by Crippen LogP contribution is 2.32. The molecule has 0 saturated carbocycles. The Morgan fingerprint density at radius 2 is 1.78 bits per heavy atom. The van der Waals surface area contributed by atoms with Gasteiger partial charge in [0.1, 0.15) is 18.1 Å². The van der Waals surface area contributed by atoms with Gasteiger partial charge in [0, 0.05) is 16.8 Å². The number of halogens is 2. The zero-order chi connectivity index (χ0) is 19.6. The van der Waals surface area contributed by atoms with Crippen LogP contribution in [0.3, 0.4) is 0 Å². The first-order valence-electron chi connectivity index (χ1n) is 7.94. The first-order chi connectivity index (χ1) is 12.8. The molecule has 0 fully saturated rings. The lowest BCUT2D eigenvalue weighted by molar-refractivity contribution is -0.117. The molecular weight excluding hydrogens is 415 g/mol. The van der Waals surface area contributed by atoms with Crippen molar-refractivity contribution in [1.29, 1.82) is 0 Å². The molecule has 0 radical (unpaired) electrons. The molecule has 1 aliphatic heterocycles. The number of benzene rings is 2. The third kappa shape index (κ3) is 4.65. The molecule has 1 heterocycles. The number of fused-ring (bicyclic) bond motifs is 1. The summed E-state index contributed by atoms with van der Waals surface area (Å²) in [7, 11) is -4.04. The summed E-state index contributed by atoms with van der Waals surface area (Å²) in [5.41, 5.74) is 0.455. The van der Waals surface area contributed by atoms with Gasteiger partial charge in [0.05, 0.1) is 11.1 Å². The molecule has 2 aromatic carbocycles. The summed E-state index contributed by atoms with van der Waals surface area (Å²) in [5, 5.41) is 2.85. The first-order valence-corrected chi connectivity index (χ1v) is 10.2. The lowest BCUT2D eigenvalue weighted by Crippen LogP contribution is -2.41. The summed E-state index contributed by atoms with van der Waals surface area (Å²) in [6.45, 7) is 2.30. The predicted octanol–water partition coefficient (Wildman–Crippen LogP) is 3.07. The molecule has 144 valence electrons. The van der Waals surface area contributed by atoms with E-state index < -0.39 is 22.0 Å². The average Bonchev–Trinajstić information content (AvgIpc) is 2.63. The van der Waals surface area contributed by atoms with Gasteiger partial charge in [0.25, 0.3) is 0 Å². The normalized spacial score (nSPS) is 14.5. The molecule has 27 heavy (non-hydrogen) atoms. The van der Waals surface area contributed by atoms with Crippen molar-refractivity contribution in [2.45, 2.75) is 17.9 Å². The molecule has 0 bridgehead atoms. The van der Waals surface area contributed by atoms with Gasteiger partial charge < -0.3 is 14.8 Å². The maximum atomic E-state index is 12.5. The Hall–Kier alpha value is -2.00. The lowest BCUT2D eigenvalue weighted by atomic mass is 10.2. The van der Waals surface area contributed by atoms with E-state index in [1.54, 1.807) is 18.2 Å². The zero-order valence-corrected chi connectivity index (χ0v) is 16.5. The van der Waals surface area contributed by atoms with Crippen molar-refractivity contribution in [2.24, 2.45) is 0 Å². The molecule has 1 atom stereocenters. The molecular formula is C17H16Cl2N2O5S. The highest BCUT2D eigenvalue weighted by Gasteiger charge is 2.25. The molecule has 0 aromatic heterocycles.